The molecular formula is C26H39NO13. The minimum atomic E-state index is -2.15. The number of aliphatic hydroxyl groups is 1. The Hall–Kier alpha value is -3.26. The molecular weight excluding hydrogens is 534 g/mol. The molecule has 226 valence electrons. The molecule has 1 amide bonds. The van der Waals surface area contributed by atoms with Crippen LogP contribution in [0.2, 0.25) is 0 Å². The van der Waals surface area contributed by atoms with Gasteiger partial charge in [0, 0.05) is 41.0 Å². The summed E-state index contributed by atoms with van der Waals surface area (Å²) in [4.78, 5) is 73.9. The van der Waals surface area contributed by atoms with Gasteiger partial charge in [-0.1, -0.05) is 19.3 Å². The molecule has 2 N–H and O–H groups in total. The summed E-state index contributed by atoms with van der Waals surface area (Å²) < 4.78 is 32.9. The van der Waals surface area contributed by atoms with Gasteiger partial charge in [-0.05, 0) is 12.8 Å². The van der Waals surface area contributed by atoms with Crippen LogP contribution in [-0.4, -0.2) is 96.2 Å². The Bertz CT molecular complexity index is 976. The number of nitrogens with one attached hydrogen (secondary N) is 1. The number of esters is 5. The van der Waals surface area contributed by atoms with Crippen molar-refractivity contribution in [3.63, 3.8) is 0 Å². The quantitative estimate of drug-likeness (QED) is 0.267. The summed E-state index contributed by atoms with van der Waals surface area (Å²) >= 11 is 0. The van der Waals surface area contributed by atoms with Crippen LogP contribution in [-0.2, 0) is 57.2 Å². The van der Waals surface area contributed by atoms with E-state index in [1.165, 1.54) is 6.92 Å². The predicted octanol–water partition coefficient (Wildman–Crippen LogP) is 0.245. The molecule has 1 saturated carbocycles. The van der Waals surface area contributed by atoms with Crippen molar-refractivity contribution in [1.82, 2.24) is 5.32 Å². The average Bonchev–Trinajstić information content (AvgIpc) is 2.85. The molecule has 0 spiro atoms. The zero-order chi connectivity index (χ0) is 30.3. The van der Waals surface area contributed by atoms with Crippen LogP contribution in [0.4, 0.5) is 0 Å². The highest BCUT2D eigenvalue weighted by Gasteiger charge is 2.66. The molecule has 0 aromatic heterocycles. The topological polar surface area (TPSA) is 190 Å². The molecule has 0 aromatic carbocycles. The summed E-state index contributed by atoms with van der Waals surface area (Å²) in [5.41, 5.74) is -3.95. The van der Waals surface area contributed by atoms with Crippen LogP contribution < -0.4 is 5.32 Å². The molecule has 6 atom stereocenters. The van der Waals surface area contributed by atoms with E-state index >= 15 is 0 Å². The lowest BCUT2D eigenvalue weighted by Crippen LogP contribution is -2.74. The zero-order valence-corrected chi connectivity index (χ0v) is 23.7. The van der Waals surface area contributed by atoms with Crippen molar-refractivity contribution in [3.05, 3.63) is 0 Å². The molecule has 14 nitrogen and oxygen atoms in total. The molecule has 1 saturated heterocycles. The lowest BCUT2D eigenvalue weighted by atomic mass is 9.67. The van der Waals surface area contributed by atoms with Crippen LogP contribution in [0.15, 0.2) is 0 Å². The molecule has 2 fully saturated rings. The second kappa shape index (κ2) is 13.9. The summed E-state index contributed by atoms with van der Waals surface area (Å²) in [5, 5.41) is 14.5. The smallest absolute Gasteiger partial charge is 0.341 e. The monoisotopic (exact) mass is 573 g/mol. The van der Waals surface area contributed by atoms with E-state index in [1.54, 1.807) is 0 Å². The number of carbonyl (C=O) groups excluding carboxylic acids is 6. The number of hydrogen-bond donors (Lipinski definition) is 2. The summed E-state index contributed by atoms with van der Waals surface area (Å²) in [6, 6.07) is -1.27. The number of carbonyl (C=O) groups is 6. The summed E-state index contributed by atoms with van der Waals surface area (Å²) in [7, 11) is 1.10. The Morgan fingerprint density at radius 2 is 1.50 bits per heavy atom. The highest BCUT2D eigenvalue weighted by Crippen LogP contribution is 2.47. The van der Waals surface area contributed by atoms with Crippen molar-refractivity contribution >= 4 is 35.8 Å². The van der Waals surface area contributed by atoms with Crippen LogP contribution in [0.25, 0.3) is 0 Å². The number of ether oxygens (including phenoxy) is 6. The Morgan fingerprint density at radius 3 is 1.98 bits per heavy atom. The fourth-order valence-corrected chi connectivity index (χ4v) is 5.47. The maximum atomic E-state index is 13.5. The van der Waals surface area contributed by atoms with Gasteiger partial charge < -0.3 is 38.8 Å². The molecule has 1 aliphatic heterocycles. The highest BCUT2D eigenvalue weighted by molar-refractivity contribution is 5.82. The van der Waals surface area contributed by atoms with Gasteiger partial charge >= 0.3 is 29.8 Å². The van der Waals surface area contributed by atoms with E-state index in [0.717, 1.165) is 41.2 Å². The second-order valence-electron chi connectivity index (χ2n) is 10.1. The third kappa shape index (κ3) is 7.90. The molecule has 2 rings (SSSR count). The number of hydrogen-bond acceptors (Lipinski definition) is 13. The van der Waals surface area contributed by atoms with Crippen LogP contribution >= 0.6 is 0 Å². The van der Waals surface area contributed by atoms with Gasteiger partial charge in [-0.25, -0.2) is 4.79 Å². The fraction of sp³-hybridized carbons (Fsp3) is 0.769. The average molecular weight is 574 g/mol. The van der Waals surface area contributed by atoms with Crippen LogP contribution in [0.1, 0.15) is 73.1 Å². The minimum Gasteiger partial charge on any atom is -0.467 e. The highest BCUT2D eigenvalue weighted by atomic mass is 16.6. The third-order valence-electron chi connectivity index (χ3n) is 6.98. The summed E-state index contributed by atoms with van der Waals surface area (Å²) in [6.07, 6.45) is -4.24. The minimum absolute atomic E-state index is 0.130. The zero-order valence-electron chi connectivity index (χ0n) is 23.7. The van der Waals surface area contributed by atoms with E-state index < -0.39 is 90.4 Å². The third-order valence-corrected chi connectivity index (χ3v) is 6.98. The van der Waals surface area contributed by atoms with Crippen molar-refractivity contribution in [1.29, 1.82) is 0 Å². The van der Waals surface area contributed by atoms with E-state index in [4.69, 9.17) is 28.4 Å². The van der Waals surface area contributed by atoms with Gasteiger partial charge in [-0.15, -0.1) is 0 Å². The van der Waals surface area contributed by atoms with Gasteiger partial charge in [0.05, 0.1) is 13.2 Å². The van der Waals surface area contributed by atoms with Crippen molar-refractivity contribution < 1.29 is 62.3 Å². The van der Waals surface area contributed by atoms with Crippen molar-refractivity contribution in [2.75, 3.05) is 13.7 Å². The van der Waals surface area contributed by atoms with Gasteiger partial charge in [-0.3, -0.25) is 24.0 Å². The molecule has 1 aliphatic carbocycles. The van der Waals surface area contributed by atoms with Crippen molar-refractivity contribution in [2.45, 2.75) is 115 Å². The van der Waals surface area contributed by atoms with Crippen molar-refractivity contribution in [3.8, 4) is 0 Å². The van der Waals surface area contributed by atoms with Gasteiger partial charge in [0.15, 0.2) is 17.8 Å². The maximum absolute atomic E-state index is 13.5. The fourth-order valence-electron chi connectivity index (χ4n) is 5.47. The number of methoxy groups -OCH3 is 1. The van der Waals surface area contributed by atoms with Crippen LogP contribution in [0, 0.1) is 0 Å². The van der Waals surface area contributed by atoms with E-state index in [0.29, 0.717) is 12.8 Å². The molecule has 0 unspecified atom stereocenters. The second-order valence-corrected chi connectivity index (χ2v) is 10.1. The molecule has 40 heavy (non-hydrogen) atoms. The Labute approximate surface area is 232 Å². The molecule has 0 aromatic rings. The van der Waals surface area contributed by atoms with E-state index in [-0.39, 0.29) is 12.8 Å². The first-order chi connectivity index (χ1) is 18.7. The summed E-state index contributed by atoms with van der Waals surface area (Å²) in [5.74, 6) is -4.78. The first-order valence-electron chi connectivity index (χ1n) is 13.1. The number of amides is 1. The molecule has 14 heteroatoms. The molecule has 1 heterocycles. The first kappa shape index (κ1) is 32.9. The van der Waals surface area contributed by atoms with Gasteiger partial charge in [-0.2, -0.15) is 0 Å². The molecule has 0 bridgehead atoms. The normalized spacial score (nSPS) is 27.2. The lowest BCUT2D eigenvalue weighted by Gasteiger charge is -2.55. The van der Waals surface area contributed by atoms with Crippen LogP contribution in [0.3, 0.4) is 0 Å². The molecule has 2 aliphatic rings. The molecule has 0 radical (unpaired) electrons. The Morgan fingerprint density at radius 1 is 0.900 bits per heavy atom. The Balaban J connectivity index is 2.81. The standard InChI is InChI=1S/C26H39NO13/c1-14(28)27-21-19(37-16(3)30)12-26(24(33)35-6,25(34)10-8-7-9-11-25)40-23(21)22(39-18(5)32)20(38-17(4)31)13-36-15(2)29/h19-23,34H,7-13H2,1-6H3,(H,27,28)/t19-,20+,21+,22+,23+,26+/m0/s1. The Kier molecular flexibility index (Phi) is 11.4. The van der Waals surface area contributed by atoms with E-state index in [9.17, 15) is 33.9 Å². The number of rotatable bonds is 10. The van der Waals surface area contributed by atoms with Gasteiger partial charge in [0.1, 0.15) is 24.4 Å². The van der Waals surface area contributed by atoms with E-state index in [1.807, 2.05) is 0 Å². The summed E-state index contributed by atoms with van der Waals surface area (Å²) in [6.45, 7) is 4.96. The SMILES string of the molecule is COC(=O)[C@@]1(C2(O)CCCCC2)C[C@H](OC(C)=O)[C@@H](NC(C)=O)[C@H]([C@H](OC(C)=O)[C@@H](COC(C)=O)OC(C)=O)O1. The van der Waals surface area contributed by atoms with Gasteiger partial charge in [0.2, 0.25) is 5.91 Å². The lowest BCUT2D eigenvalue weighted by molar-refractivity contribution is -0.285. The predicted molar refractivity (Wildman–Crippen MR) is 133 cm³/mol. The largest absolute Gasteiger partial charge is 0.467 e. The van der Waals surface area contributed by atoms with Gasteiger partial charge in [0.25, 0.3) is 0 Å². The first-order valence-corrected chi connectivity index (χ1v) is 13.1. The van der Waals surface area contributed by atoms with E-state index in [2.05, 4.69) is 5.32 Å². The maximum Gasteiger partial charge on any atom is 0.341 e. The van der Waals surface area contributed by atoms with Crippen molar-refractivity contribution in [2.24, 2.45) is 0 Å². The van der Waals surface area contributed by atoms with Crippen LogP contribution in [0.5, 0.6) is 0 Å².